The van der Waals surface area contributed by atoms with Gasteiger partial charge in [-0.2, -0.15) is 4.98 Å². The number of likely N-dealkylation sites (tertiary alicyclic amines) is 1. The molecule has 2 aliphatic heterocycles. The lowest BCUT2D eigenvalue weighted by Gasteiger charge is -2.34. The van der Waals surface area contributed by atoms with E-state index in [0.29, 0.717) is 56.8 Å². The Balaban J connectivity index is 1.37. The van der Waals surface area contributed by atoms with Crippen molar-refractivity contribution in [3.05, 3.63) is 36.0 Å². The number of alkyl halides is 1. The molecule has 2 N–H and O–H groups in total. The number of benzene rings is 1. The van der Waals surface area contributed by atoms with Gasteiger partial charge >= 0.3 is 12.1 Å². The summed E-state index contributed by atoms with van der Waals surface area (Å²) in [7, 11) is 1.41. The molecule has 0 aliphatic carbocycles. The van der Waals surface area contributed by atoms with E-state index in [1.54, 1.807) is 11.1 Å². The molecule has 1 fully saturated rings. The number of piperidine rings is 1. The van der Waals surface area contributed by atoms with Crippen LogP contribution in [0.5, 0.6) is 5.75 Å². The lowest BCUT2D eigenvalue weighted by Crippen LogP contribution is -2.47. The van der Waals surface area contributed by atoms with Gasteiger partial charge in [0.2, 0.25) is 5.95 Å². The third-order valence-electron chi connectivity index (χ3n) is 6.68. The Kier molecular flexibility index (Phi) is 6.14. The second-order valence-electron chi connectivity index (χ2n) is 8.96. The minimum atomic E-state index is -1.12. The molecule has 5 rings (SSSR count). The van der Waals surface area contributed by atoms with Crippen LogP contribution in [0.4, 0.5) is 19.9 Å². The standard InChI is InChI=1S/C24H27FN6O4/c1-29(24(33)34)22-27-19-11-17(13-26-21(19)28-22)16-2-3-20-18(10-16)14-31(8-9-35-20)23(32)30-6-4-15(12-25)5-7-30/h2-3,10-11,13,15H,4-9,12,14H2,1H3,(H,33,34)(H,26,27,28). The molecule has 0 saturated carbocycles. The Labute approximate surface area is 201 Å². The van der Waals surface area contributed by atoms with E-state index in [1.165, 1.54) is 7.05 Å². The fourth-order valence-electron chi connectivity index (χ4n) is 4.51. The van der Waals surface area contributed by atoms with Gasteiger partial charge in [0.15, 0.2) is 5.65 Å². The number of nitrogens with zero attached hydrogens (tertiary/aromatic N) is 5. The summed E-state index contributed by atoms with van der Waals surface area (Å²) in [6.07, 6.45) is 1.95. The number of fused-ring (bicyclic) bond motifs is 2. The normalized spacial score (nSPS) is 16.5. The Hall–Kier alpha value is -3.89. The number of nitrogens with one attached hydrogen (secondary N) is 1. The van der Waals surface area contributed by atoms with Gasteiger partial charge in [-0.3, -0.25) is 9.29 Å². The van der Waals surface area contributed by atoms with Crippen LogP contribution in [0.15, 0.2) is 30.5 Å². The highest BCUT2D eigenvalue weighted by molar-refractivity contribution is 5.87. The van der Waals surface area contributed by atoms with E-state index in [2.05, 4.69) is 15.0 Å². The molecule has 0 spiro atoms. The summed E-state index contributed by atoms with van der Waals surface area (Å²) in [5, 5.41) is 9.18. The fraction of sp³-hybridized carbons (Fsp3) is 0.417. The Bertz CT molecular complexity index is 1260. The average Bonchev–Trinajstić information content (AvgIpc) is 3.19. The first-order valence-corrected chi connectivity index (χ1v) is 11.6. The molecule has 1 aromatic carbocycles. The molecule has 184 valence electrons. The smallest absolute Gasteiger partial charge is 0.413 e. The third-order valence-corrected chi connectivity index (χ3v) is 6.68. The first-order valence-electron chi connectivity index (χ1n) is 11.6. The van der Waals surface area contributed by atoms with Gasteiger partial charge in [0, 0.05) is 37.5 Å². The molecule has 3 aromatic rings. The summed E-state index contributed by atoms with van der Waals surface area (Å²) in [6, 6.07) is 7.64. The number of aromatic amines is 1. The summed E-state index contributed by atoms with van der Waals surface area (Å²) in [4.78, 5) is 40.6. The third kappa shape index (κ3) is 4.58. The molecule has 3 amide bonds. The van der Waals surface area contributed by atoms with Crippen molar-refractivity contribution in [2.45, 2.75) is 19.4 Å². The van der Waals surface area contributed by atoms with Crippen LogP contribution >= 0.6 is 0 Å². The number of H-pyrrole nitrogens is 1. The molecule has 35 heavy (non-hydrogen) atoms. The van der Waals surface area contributed by atoms with Gasteiger partial charge < -0.3 is 24.6 Å². The lowest BCUT2D eigenvalue weighted by atomic mass is 9.99. The number of aromatic nitrogens is 3. The number of carboxylic acid groups (broad SMARTS) is 1. The number of carbonyl (C=O) groups excluding carboxylic acids is 1. The molecule has 1 saturated heterocycles. The van der Waals surface area contributed by atoms with Crippen LogP contribution in [0.3, 0.4) is 0 Å². The molecule has 0 atom stereocenters. The average molecular weight is 483 g/mol. The fourth-order valence-corrected chi connectivity index (χ4v) is 4.51. The van der Waals surface area contributed by atoms with Gasteiger partial charge in [-0.15, -0.1) is 0 Å². The molecule has 2 aliphatic rings. The van der Waals surface area contributed by atoms with Gasteiger partial charge in [0.05, 0.1) is 25.3 Å². The zero-order chi connectivity index (χ0) is 24.5. The monoisotopic (exact) mass is 482 g/mol. The lowest BCUT2D eigenvalue weighted by molar-refractivity contribution is 0.122. The number of rotatable bonds is 3. The van der Waals surface area contributed by atoms with E-state index in [-0.39, 0.29) is 24.6 Å². The Morgan fingerprint density at radius 2 is 2.00 bits per heavy atom. The van der Waals surface area contributed by atoms with Gasteiger partial charge in [-0.05, 0) is 42.5 Å². The number of imidazole rings is 1. The zero-order valence-electron chi connectivity index (χ0n) is 19.4. The summed E-state index contributed by atoms with van der Waals surface area (Å²) >= 11 is 0. The van der Waals surface area contributed by atoms with Crippen molar-refractivity contribution in [2.24, 2.45) is 5.92 Å². The number of hydrogen-bond donors (Lipinski definition) is 2. The molecular weight excluding hydrogens is 455 g/mol. The van der Waals surface area contributed by atoms with Crippen LogP contribution < -0.4 is 9.64 Å². The molecule has 10 nitrogen and oxygen atoms in total. The molecule has 0 unspecified atom stereocenters. The van der Waals surface area contributed by atoms with Crippen LogP contribution in [0.25, 0.3) is 22.3 Å². The van der Waals surface area contributed by atoms with Crippen molar-refractivity contribution in [2.75, 3.05) is 44.9 Å². The van der Waals surface area contributed by atoms with Crippen LogP contribution in [0.1, 0.15) is 18.4 Å². The van der Waals surface area contributed by atoms with Crippen LogP contribution in [-0.2, 0) is 6.54 Å². The number of pyridine rings is 1. The van der Waals surface area contributed by atoms with E-state index < -0.39 is 6.09 Å². The zero-order valence-corrected chi connectivity index (χ0v) is 19.4. The number of halogens is 1. The van der Waals surface area contributed by atoms with Crippen LogP contribution in [0.2, 0.25) is 0 Å². The molecule has 11 heteroatoms. The molecule has 0 radical (unpaired) electrons. The minimum absolute atomic E-state index is 0.0419. The predicted molar refractivity (Wildman–Crippen MR) is 127 cm³/mol. The molecular formula is C24H27FN6O4. The largest absolute Gasteiger partial charge is 0.491 e. The number of hydrogen-bond acceptors (Lipinski definition) is 5. The maximum absolute atomic E-state index is 13.2. The minimum Gasteiger partial charge on any atom is -0.491 e. The van der Waals surface area contributed by atoms with Crippen molar-refractivity contribution in [1.29, 1.82) is 0 Å². The number of urea groups is 1. The number of ether oxygens (including phenoxy) is 1. The van der Waals surface area contributed by atoms with Crippen molar-refractivity contribution in [3.8, 4) is 16.9 Å². The van der Waals surface area contributed by atoms with Gasteiger partial charge in [-0.25, -0.2) is 14.6 Å². The van der Waals surface area contributed by atoms with E-state index in [1.807, 2.05) is 29.2 Å². The van der Waals surface area contributed by atoms with Crippen LogP contribution in [-0.4, -0.2) is 81.9 Å². The highest BCUT2D eigenvalue weighted by Gasteiger charge is 2.28. The molecule has 2 aromatic heterocycles. The molecule has 0 bridgehead atoms. The quantitative estimate of drug-likeness (QED) is 0.588. The van der Waals surface area contributed by atoms with Gasteiger partial charge in [0.1, 0.15) is 12.4 Å². The second kappa shape index (κ2) is 9.40. The summed E-state index contributed by atoms with van der Waals surface area (Å²) < 4.78 is 18.9. The van der Waals surface area contributed by atoms with E-state index in [9.17, 15) is 19.1 Å². The Morgan fingerprint density at radius 3 is 2.74 bits per heavy atom. The number of carbonyl (C=O) groups is 2. The van der Waals surface area contributed by atoms with Gasteiger partial charge in [-0.1, -0.05) is 6.07 Å². The summed E-state index contributed by atoms with van der Waals surface area (Å²) in [6.45, 7) is 2.12. The summed E-state index contributed by atoms with van der Waals surface area (Å²) in [5.41, 5.74) is 3.64. The summed E-state index contributed by atoms with van der Waals surface area (Å²) in [5.74, 6) is 0.981. The SMILES string of the molecule is CN(C(=O)O)c1nc2ncc(-c3ccc4c(c3)CN(C(=O)N3CCC(CF)CC3)CCO4)cc2[nH]1. The molecule has 4 heterocycles. The second-order valence-corrected chi connectivity index (χ2v) is 8.96. The first kappa shape index (κ1) is 22.9. The highest BCUT2D eigenvalue weighted by Crippen LogP contribution is 2.31. The predicted octanol–water partition coefficient (Wildman–Crippen LogP) is 3.74. The van der Waals surface area contributed by atoms with Crippen LogP contribution in [0, 0.1) is 5.92 Å². The van der Waals surface area contributed by atoms with E-state index in [0.717, 1.165) is 27.3 Å². The van der Waals surface area contributed by atoms with E-state index in [4.69, 9.17) is 4.74 Å². The highest BCUT2D eigenvalue weighted by atomic mass is 19.1. The maximum Gasteiger partial charge on any atom is 0.413 e. The van der Waals surface area contributed by atoms with Crippen molar-refractivity contribution >= 4 is 29.2 Å². The van der Waals surface area contributed by atoms with Crippen molar-refractivity contribution in [3.63, 3.8) is 0 Å². The van der Waals surface area contributed by atoms with Crippen molar-refractivity contribution < 1.29 is 23.8 Å². The number of anilines is 1. The number of amides is 3. The van der Waals surface area contributed by atoms with Gasteiger partial charge in [0.25, 0.3) is 0 Å². The van der Waals surface area contributed by atoms with E-state index >= 15 is 0 Å². The maximum atomic E-state index is 13.2. The first-order chi connectivity index (χ1) is 16.9. The Morgan fingerprint density at radius 1 is 1.20 bits per heavy atom. The topological polar surface area (TPSA) is 115 Å². The van der Waals surface area contributed by atoms with Crippen molar-refractivity contribution in [1.82, 2.24) is 24.8 Å².